The maximum absolute atomic E-state index is 11.7. The molecule has 0 bridgehead atoms. The monoisotopic (exact) mass is 249 g/mol. The average molecular weight is 249 g/mol. The van der Waals surface area contributed by atoms with E-state index in [1.165, 1.54) is 12.4 Å². The highest BCUT2D eigenvalue weighted by molar-refractivity contribution is 5.00. The van der Waals surface area contributed by atoms with Gasteiger partial charge < -0.3 is 10.5 Å². The van der Waals surface area contributed by atoms with Gasteiger partial charge in [0.15, 0.2) is 0 Å². The number of hydrogen-bond acceptors (Lipinski definition) is 4. The topological polar surface area (TPSA) is 61.0 Å². The summed E-state index contributed by atoms with van der Waals surface area (Å²) in [5.41, 5.74) is 6.41. The number of aromatic nitrogens is 2. The molecule has 7 heteroatoms. The normalized spacial score (nSPS) is 13.6. The molecule has 17 heavy (non-hydrogen) atoms. The first kappa shape index (κ1) is 13.9. The average Bonchev–Trinajstić information content (AvgIpc) is 2.28. The van der Waals surface area contributed by atoms with Gasteiger partial charge in [-0.2, -0.15) is 13.2 Å². The summed E-state index contributed by atoms with van der Waals surface area (Å²) in [5, 5.41) is 0. The minimum Gasteiger partial charge on any atom is -0.372 e. The summed E-state index contributed by atoms with van der Waals surface area (Å²) in [6, 6.07) is -0.321. The first-order chi connectivity index (χ1) is 7.99. The standard InChI is InChI=1S/C10H14F3N3O/c11-10(12,13)7-17-5-1-2-8(14)9-6-15-3-4-16-9/h3-4,6,8H,1-2,5,7,14H2. The van der Waals surface area contributed by atoms with Gasteiger partial charge in [0.1, 0.15) is 6.61 Å². The van der Waals surface area contributed by atoms with Crippen molar-refractivity contribution in [1.82, 2.24) is 9.97 Å². The third-order valence-electron chi connectivity index (χ3n) is 2.03. The predicted octanol–water partition coefficient (Wildman–Crippen LogP) is 1.84. The molecule has 0 saturated heterocycles. The number of hydrogen-bond donors (Lipinski definition) is 1. The molecule has 0 radical (unpaired) electrons. The van der Waals surface area contributed by atoms with Crippen LogP contribution >= 0.6 is 0 Å². The van der Waals surface area contributed by atoms with Crippen molar-refractivity contribution in [3.05, 3.63) is 24.3 Å². The van der Waals surface area contributed by atoms with E-state index < -0.39 is 12.8 Å². The van der Waals surface area contributed by atoms with Gasteiger partial charge in [0.25, 0.3) is 0 Å². The van der Waals surface area contributed by atoms with Gasteiger partial charge in [-0.05, 0) is 12.8 Å². The van der Waals surface area contributed by atoms with E-state index in [2.05, 4.69) is 14.7 Å². The second kappa shape index (κ2) is 6.51. The summed E-state index contributed by atoms with van der Waals surface area (Å²) in [6.45, 7) is -1.18. The highest BCUT2D eigenvalue weighted by Crippen LogP contribution is 2.15. The number of ether oxygens (including phenoxy) is 1. The molecule has 0 aliphatic carbocycles. The Hall–Kier alpha value is -1.21. The molecule has 0 spiro atoms. The molecule has 2 N–H and O–H groups in total. The molecule has 96 valence electrons. The van der Waals surface area contributed by atoms with E-state index in [0.717, 1.165) is 0 Å². The van der Waals surface area contributed by atoms with Crippen LogP contribution in [-0.4, -0.2) is 29.4 Å². The van der Waals surface area contributed by atoms with Crippen LogP contribution in [0.3, 0.4) is 0 Å². The van der Waals surface area contributed by atoms with Crippen molar-refractivity contribution in [3.63, 3.8) is 0 Å². The number of nitrogens with two attached hydrogens (primary N) is 1. The molecule has 0 saturated carbocycles. The molecular formula is C10H14F3N3O. The van der Waals surface area contributed by atoms with Gasteiger partial charge in [-0.3, -0.25) is 9.97 Å². The zero-order chi connectivity index (χ0) is 12.7. The van der Waals surface area contributed by atoms with Crippen LogP contribution in [0, 0.1) is 0 Å². The Morgan fingerprint density at radius 2 is 2.12 bits per heavy atom. The lowest BCUT2D eigenvalue weighted by Gasteiger charge is -2.11. The second-order valence-electron chi connectivity index (χ2n) is 3.55. The number of alkyl halides is 3. The second-order valence-corrected chi connectivity index (χ2v) is 3.55. The molecule has 1 aromatic rings. The van der Waals surface area contributed by atoms with Gasteiger partial charge >= 0.3 is 6.18 Å². The number of halogens is 3. The van der Waals surface area contributed by atoms with E-state index in [9.17, 15) is 13.2 Å². The van der Waals surface area contributed by atoms with E-state index in [-0.39, 0.29) is 12.6 Å². The fraction of sp³-hybridized carbons (Fsp3) is 0.600. The summed E-state index contributed by atoms with van der Waals surface area (Å²) in [7, 11) is 0. The van der Waals surface area contributed by atoms with Crippen LogP contribution in [-0.2, 0) is 4.74 Å². The summed E-state index contributed by atoms with van der Waals surface area (Å²) in [5.74, 6) is 0. The molecule has 0 aliphatic heterocycles. The zero-order valence-corrected chi connectivity index (χ0v) is 9.15. The summed E-state index contributed by atoms with van der Waals surface area (Å²) in [4.78, 5) is 7.87. The van der Waals surface area contributed by atoms with Crippen LogP contribution in [0.2, 0.25) is 0 Å². The van der Waals surface area contributed by atoms with E-state index in [1.54, 1.807) is 6.20 Å². The van der Waals surface area contributed by atoms with Gasteiger partial charge in [-0.15, -0.1) is 0 Å². The maximum atomic E-state index is 11.7. The van der Waals surface area contributed by atoms with Crippen molar-refractivity contribution in [3.8, 4) is 0 Å². The van der Waals surface area contributed by atoms with Crippen LogP contribution in [0.4, 0.5) is 13.2 Å². The van der Waals surface area contributed by atoms with Crippen LogP contribution in [0.5, 0.6) is 0 Å². The fourth-order valence-electron chi connectivity index (χ4n) is 1.24. The molecule has 1 atom stereocenters. The van der Waals surface area contributed by atoms with Gasteiger partial charge in [0, 0.05) is 31.2 Å². The Morgan fingerprint density at radius 1 is 1.35 bits per heavy atom. The Bertz CT molecular complexity index is 318. The largest absolute Gasteiger partial charge is 0.411 e. The van der Waals surface area contributed by atoms with Crippen molar-refractivity contribution in [2.75, 3.05) is 13.2 Å². The van der Waals surface area contributed by atoms with Crippen LogP contribution in [0.1, 0.15) is 24.6 Å². The van der Waals surface area contributed by atoms with Gasteiger partial charge in [-0.1, -0.05) is 0 Å². The molecule has 1 rings (SSSR count). The predicted molar refractivity (Wildman–Crippen MR) is 55.1 cm³/mol. The van der Waals surface area contributed by atoms with E-state index in [1.807, 2.05) is 0 Å². The number of nitrogens with zero attached hydrogens (tertiary/aromatic N) is 2. The Kier molecular flexibility index (Phi) is 5.30. The first-order valence-corrected chi connectivity index (χ1v) is 5.15. The summed E-state index contributed by atoms with van der Waals surface area (Å²) < 4.78 is 39.7. The Labute approximate surface area is 97.0 Å². The highest BCUT2D eigenvalue weighted by Gasteiger charge is 2.27. The van der Waals surface area contributed by atoms with Crippen molar-refractivity contribution in [2.45, 2.75) is 25.1 Å². The van der Waals surface area contributed by atoms with Crippen molar-refractivity contribution < 1.29 is 17.9 Å². The highest BCUT2D eigenvalue weighted by atomic mass is 19.4. The van der Waals surface area contributed by atoms with Crippen molar-refractivity contribution in [1.29, 1.82) is 0 Å². The van der Waals surface area contributed by atoms with E-state index in [4.69, 9.17) is 5.73 Å². The molecular weight excluding hydrogens is 235 g/mol. The first-order valence-electron chi connectivity index (χ1n) is 5.15. The Balaban J connectivity index is 2.15. The van der Waals surface area contributed by atoms with Crippen molar-refractivity contribution >= 4 is 0 Å². The van der Waals surface area contributed by atoms with Gasteiger partial charge in [0.05, 0.1) is 5.69 Å². The molecule has 1 unspecified atom stereocenters. The van der Waals surface area contributed by atoms with Crippen LogP contribution < -0.4 is 5.73 Å². The molecule has 1 aromatic heterocycles. The smallest absolute Gasteiger partial charge is 0.372 e. The molecule has 0 aromatic carbocycles. The van der Waals surface area contributed by atoms with Crippen molar-refractivity contribution in [2.24, 2.45) is 5.73 Å². The SMILES string of the molecule is NC(CCCOCC(F)(F)F)c1cnccn1. The molecule has 0 amide bonds. The summed E-state index contributed by atoms with van der Waals surface area (Å²) >= 11 is 0. The number of rotatable bonds is 6. The third-order valence-corrected chi connectivity index (χ3v) is 2.03. The van der Waals surface area contributed by atoms with E-state index in [0.29, 0.717) is 18.5 Å². The van der Waals surface area contributed by atoms with Crippen LogP contribution in [0.25, 0.3) is 0 Å². The molecule has 0 aliphatic rings. The Morgan fingerprint density at radius 3 is 2.71 bits per heavy atom. The third kappa shape index (κ3) is 6.18. The van der Waals surface area contributed by atoms with E-state index >= 15 is 0 Å². The van der Waals surface area contributed by atoms with Gasteiger partial charge in [-0.25, -0.2) is 0 Å². The molecule has 0 fully saturated rings. The molecule has 4 nitrogen and oxygen atoms in total. The van der Waals surface area contributed by atoms with Gasteiger partial charge in [0.2, 0.25) is 0 Å². The summed E-state index contributed by atoms with van der Waals surface area (Å²) in [6.07, 6.45) is 1.29. The lowest BCUT2D eigenvalue weighted by atomic mass is 10.1. The fourth-order valence-corrected chi connectivity index (χ4v) is 1.24. The lowest BCUT2D eigenvalue weighted by Crippen LogP contribution is -2.18. The zero-order valence-electron chi connectivity index (χ0n) is 9.15. The quantitative estimate of drug-likeness (QED) is 0.781. The minimum absolute atomic E-state index is 0.0352. The molecule has 1 heterocycles. The maximum Gasteiger partial charge on any atom is 0.411 e. The van der Waals surface area contributed by atoms with Crippen LogP contribution in [0.15, 0.2) is 18.6 Å². The minimum atomic E-state index is -4.27. The lowest BCUT2D eigenvalue weighted by molar-refractivity contribution is -0.174.